The monoisotopic (exact) mass is 612 g/mol. The number of azo groups is 1. The number of benzene rings is 2. The molecule has 3 rings (SSSR count). The SMILES string of the molecule is CCCCCCCCCCCCCCCCCCOc1cc(N=NC2=CC(C#N)=C(C)C(C#N)C2=S)c2ccccc2c1O. The first-order chi connectivity index (χ1) is 21.5. The quantitative estimate of drug-likeness (QED) is 0.0910. The van der Waals surface area contributed by atoms with Gasteiger partial charge < -0.3 is 9.84 Å². The van der Waals surface area contributed by atoms with Crippen LogP contribution in [0, 0.1) is 28.6 Å². The minimum Gasteiger partial charge on any atom is -0.504 e. The first-order valence-electron chi connectivity index (χ1n) is 16.6. The van der Waals surface area contributed by atoms with Gasteiger partial charge in [-0.2, -0.15) is 10.5 Å². The van der Waals surface area contributed by atoms with E-state index in [2.05, 4.69) is 29.3 Å². The number of nitriles is 2. The Balaban J connectivity index is 1.44. The molecule has 1 unspecified atom stereocenters. The lowest BCUT2D eigenvalue weighted by molar-refractivity contribution is 0.290. The third-order valence-electron chi connectivity index (χ3n) is 8.38. The number of unbranched alkanes of at least 4 members (excludes halogenated alkanes) is 15. The Morgan fingerprint density at radius 2 is 1.36 bits per heavy atom. The summed E-state index contributed by atoms with van der Waals surface area (Å²) >= 11 is 5.49. The number of rotatable bonds is 20. The van der Waals surface area contributed by atoms with E-state index in [9.17, 15) is 15.6 Å². The lowest BCUT2D eigenvalue weighted by Crippen LogP contribution is -2.18. The van der Waals surface area contributed by atoms with Crippen LogP contribution in [0.3, 0.4) is 0 Å². The molecule has 0 amide bonds. The maximum Gasteiger partial charge on any atom is 0.165 e. The van der Waals surface area contributed by atoms with Crippen LogP contribution in [0.25, 0.3) is 10.8 Å². The van der Waals surface area contributed by atoms with E-state index in [0.717, 1.165) is 18.2 Å². The van der Waals surface area contributed by atoms with E-state index in [1.807, 2.05) is 24.3 Å². The number of thiocarbonyl (C=S) groups is 1. The summed E-state index contributed by atoms with van der Waals surface area (Å²) in [6.07, 6.45) is 22.6. The van der Waals surface area contributed by atoms with E-state index in [1.165, 1.54) is 89.9 Å². The first-order valence-corrected chi connectivity index (χ1v) is 17.0. The topological polar surface area (TPSA) is 102 Å². The Labute approximate surface area is 269 Å². The Hall–Kier alpha value is -3.55. The average molecular weight is 613 g/mol. The highest BCUT2D eigenvalue weighted by Gasteiger charge is 2.26. The molecule has 0 radical (unpaired) electrons. The lowest BCUT2D eigenvalue weighted by atomic mass is 9.87. The molecular weight excluding hydrogens is 565 g/mol. The minimum absolute atomic E-state index is 0.0818. The van der Waals surface area contributed by atoms with Gasteiger partial charge >= 0.3 is 0 Å². The summed E-state index contributed by atoms with van der Waals surface area (Å²) in [7, 11) is 0. The molecule has 6 nitrogen and oxygen atoms in total. The van der Waals surface area contributed by atoms with Crippen molar-refractivity contribution >= 4 is 33.5 Å². The first kappa shape index (κ1) is 34.9. The van der Waals surface area contributed by atoms with Crippen molar-refractivity contribution in [2.24, 2.45) is 16.1 Å². The zero-order chi connectivity index (χ0) is 31.6. The van der Waals surface area contributed by atoms with Crippen LogP contribution in [0.4, 0.5) is 5.69 Å². The molecule has 0 spiro atoms. The third kappa shape index (κ3) is 10.6. The number of ether oxygens (including phenoxy) is 1. The maximum atomic E-state index is 10.9. The summed E-state index contributed by atoms with van der Waals surface area (Å²) in [5.41, 5.74) is 1.83. The summed E-state index contributed by atoms with van der Waals surface area (Å²) < 4.78 is 6.01. The van der Waals surface area contributed by atoms with Gasteiger partial charge in [-0.1, -0.05) is 140 Å². The predicted molar refractivity (Wildman–Crippen MR) is 183 cm³/mol. The van der Waals surface area contributed by atoms with Gasteiger partial charge in [-0.25, -0.2) is 0 Å². The Morgan fingerprint density at radius 3 is 1.91 bits per heavy atom. The van der Waals surface area contributed by atoms with Gasteiger partial charge in [-0.15, -0.1) is 10.2 Å². The van der Waals surface area contributed by atoms with Crippen LogP contribution >= 0.6 is 12.2 Å². The number of phenols is 1. The van der Waals surface area contributed by atoms with Crippen LogP contribution in [0.1, 0.15) is 117 Å². The fourth-order valence-electron chi connectivity index (χ4n) is 5.62. The highest BCUT2D eigenvalue weighted by atomic mass is 32.1. The molecule has 1 atom stereocenters. The Morgan fingerprint density at radius 1 is 0.818 bits per heavy atom. The van der Waals surface area contributed by atoms with Crippen molar-refractivity contribution in [2.75, 3.05) is 6.61 Å². The van der Waals surface area contributed by atoms with Crippen molar-refractivity contribution in [3.05, 3.63) is 53.3 Å². The molecule has 1 aliphatic carbocycles. The van der Waals surface area contributed by atoms with Crippen LogP contribution < -0.4 is 4.74 Å². The van der Waals surface area contributed by atoms with Crippen molar-refractivity contribution in [1.29, 1.82) is 10.5 Å². The van der Waals surface area contributed by atoms with Crippen LogP contribution in [0.2, 0.25) is 0 Å². The second kappa shape index (κ2) is 19.7. The molecule has 0 bridgehead atoms. The van der Waals surface area contributed by atoms with Crippen LogP contribution in [-0.2, 0) is 0 Å². The van der Waals surface area contributed by atoms with Gasteiger partial charge in [0.05, 0.1) is 34.9 Å². The van der Waals surface area contributed by atoms with Gasteiger partial charge in [-0.3, -0.25) is 0 Å². The van der Waals surface area contributed by atoms with E-state index < -0.39 is 5.92 Å². The van der Waals surface area contributed by atoms with E-state index in [0.29, 0.717) is 45.1 Å². The molecule has 0 saturated heterocycles. The zero-order valence-electron chi connectivity index (χ0n) is 26.6. The fraction of sp³-hybridized carbons (Fsp3) is 0.541. The van der Waals surface area contributed by atoms with Crippen molar-refractivity contribution < 1.29 is 9.84 Å². The molecule has 0 aliphatic heterocycles. The molecule has 234 valence electrons. The standard InChI is InChI=1S/C37H48N4O2S/c1-3-4-5-6-7-8-9-10-11-12-13-14-15-16-17-20-23-43-35-25-33(30-21-18-19-22-31(30)36(35)42)40-41-34-24-29(26-38)28(2)32(27-39)37(34)44/h18-19,21-22,24-25,32,42H,3-17,20,23H2,1-2H3. The van der Waals surface area contributed by atoms with Crippen LogP contribution in [-0.4, -0.2) is 16.6 Å². The molecule has 0 fully saturated rings. The lowest BCUT2D eigenvalue weighted by Gasteiger charge is -2.17. The number of hydrogen-bond acceptors (Lipinski definition) is 7. The molecular formula is C37H48N4O2S. The molecule has 2 aromatic rings. The van der Waals surface area contributed by atoms with E-state index in [-0.39, 0.29) is 5.75 Å². The van der Waals surface area contributed by atoms with Crippen LogP contribution in [0.15, 0.2) is 63.5 Å². The third-order valence-corrected chi connectivity index (χ3v) is 8.83. The largest absolute Gasteiger partial charge is 0.504 e. The van der Waals surface area contributed by atoms with Gasteiger partial charge in [0.2, 0.25) is 0 Å². The van der Waals surface area contributed by atoms with Crippen molar-refractivity contribution in [3.63, 3.8) is 0 Å². The van der Waals surface area contributed by atoms with Gasteiger partial charge in [0, 0.05) is 16.8 Å². The molecule has 0 saturated carbocycles. The number of phenolic OH excluding ortho intramolecular Hbond substituents is 1. The van der Waals surface area contributed by atoms with Crippen LogP contribution in [0.5, 0.6) is 11.5 Å². The Kier molecular flexibility index (Phi) is 15.6. The highest BCUT2D eigenvalue weighted by molar-refractivity contribution is 7.81. The molecule has 7 heteroatoms. The van der Waals surface area contributed by atoms with Gasteiger partial charge in [0.1, 0.15) is 11.6 Å². The molecule has 2 aromatic carbocycles. The summed E-state index contributed by atoms with van der Waals surface area (Å²) in [6.45, 7) is 4.52. The molecule has 1 N–H and O–H groups in total. The zero-order valence-corrected chi connectivity index (χ0v) is 27.4. The smallest absolute Gasteiger partial charge is 0.165 e. The summed E-state index contributed by atoms with van der Waals surface area (Å²) in [6, 6.07) is 13.4. The minimum atomic E-state index is -0.686. The summed E-state index contributed by atoms with van der Waals surface area (Å²) in [4.78, 5) is 0.343. The second-order valence-electron chi connectivity index (χ2n) is 11.8. The highest BCUT2D eigenvalue weighted by Crippen LogP contribution is 2.41. The van der Waals surface area contributed by atoms with Gasteiger partial charge in [0.15, 0.2) is 11.5 Å². The number of allylic oxidation sites excluding steroid dienone is 4. The maximum absolute atomic E-state index is 10.9. The second-order valence-corrected chi connectivity index (χ2v) is 12.2. The number of fused-ring (bicyclic) bond motifs is 1. The number of hydrogen-bond donors (Lipinski definition) is 1. The molecule has 1 aliphatic rings. The predicted octanol–water partition coefficient (Wildman–Crippen LogP) is 11.5. The van der Waals surface area contributed by atoms with Crippen molar-refractivity contribution in [3.8, 4) is 23.6 Å². The van der Waals surface area contributed by atoms with Gasteiger partial charge in [0.25, 0.3) is 0 Å². The van der Waals surface area contributed by atoms with Crippen molar-refractivity contribution in [1.82, 2.24) is 0 Å². The molecule has 0 aromatic heterocycles. The van der Waals surface area contributed by atoms with Gasteiger partial charge in [-0.05, 0) is 25.0 Å². The molecule has 0 heterocycles. The van der Waals surface area contributed by atoms with Crippen molar-refractivity contribution in [2.45, 2.75) is 117 Å². The van der Waals surface area contributed by atoms with E-state index >= 15 is 0 Å². The number of nitrogens with zero attached hydrogens (tertiary/aromatic N) is 4. The van der Waals surface area contributed by atoms with E-state index in [1.54, 1.807) is 19.1 Å². The summed E-state index contributed by atoms with van der Waals surface area (Å²) in [5.74, 6) is -0.241. The fourth-order valence-corrected chi connectivity index (χ4v) is 5.95. The average Bonchev–Trinajstić information content (AvgIpc) is 3.04. The number of aromatic hydroxyl groups is 1. The normalized spacial score (nSPS) is 15.0. The summed E-state index contributed by atoms with van der Waals surface area (Å²) in [5, 5.41) is 40.1. The Bertz CT molecular complexity index is 1410. The van der Waals surface area contributed by atoms with E-state index in [4.69, 9.17) is 17.0 Å². The molecule has 44 heavy (non-hydrogen) atoms.